The minimum absolute atomic E-state index is 0.0215. The van der Waals surface area contributed by atoms with Crippen molar-refractivity contribution in [3.63, 3.8) is 0 Å². The van der Waals surface area contributed by atoms with Gasteiger partial charge in [-0.1, -0.05) is 11.6 Å². The van der Waals surface area contributed by atoms with Crippen molar-refractivity contribution in [2.24, 2.45) is 0 Å². The Labute approximate surface area is 143 Å². The monoisotopic (exact) mass is 371 g/mol. The number of hydrogen-bond donors (Lipinski definition) is 1. The van der Waals surface area contributed by atoms with Crippen LogP contribution in [0.15, 0.2) is 24.3 Å². The van der Waals surface area contributed by atoms with E-state index in [-0.39, 0.29) is 28.1 Å². The third-order valence-electron chi connectivity index (χ3n) is 3.83. The highest BCUT2D eigenvalue weighted by Gasteiger charge is 2.31. The first-order valence-electron chi connectivity index (χ1n) is 7.28. The number of carbonyl (C=O) groups excluding carboxylic acids is 1. The molecule has 1 aromatic heterocycles. The molecule has 0 aliphatic carbocycles. The molecule has 6 nitrogen and oxygen atoms in total. The van der Waals surface area contributed by atoms with Crippen molar-refractivity contribution < 1.29 is 17.6 Å². The fourth-order valence-corrected chi connectivity index (χ4v) is 4.56. The number of rotatable bonds is 3. The van der Waals surface area contributed by atoms with E-state index in [4.69, 9.17) is 11.6 Å². The summed E-state index contributed by atoms with van der Waals surface area (Å²) < 4.78 is 38.7. The summed E-state index contributed by atoms with van der Waals surface area (Å²) in [6, 6.07) is 5.06. The van der Waals surface area contributed by atoms with Crippen LogP contribution in [0.4, 0.5) is 10.2 Å². The molecule has 9 heteroatoms. The first kappa shape index (κ1) is 16.9. The molecule has 0 radical (unpaired) electrons. The molecule has 0 unspecified atom stereocenters. The molecule has 3 rings (SSSR count). The van der Waals surface area contributed by atoms with Crippen LogP contribution in [0.3, 0.4) is 0 Å². The molecule has 0 saturated carbocycles. The molecule has 2 aromatic rings. The molecular formula is C15H15ClFN3O3S. The second-order valence-electron chi connectivity index (χ2n) is 5.75. The molecule has 128 valence electrons. The number of halogens is 2. The first-order chi connectivity index (χ1) is 11.2. The minimum atomic E-state index is -3.09. The Balaban J connectivity index is 1.87. The lowest BCUT2D eigenvalue weighted by Crippen LogP contribution is -2.20. The lowest BCUT2D eigenvalue weighted by molar-refractivity contribution is 0.102. The van der Waals surface area contributed by atoms with Crippen LogP contribution in [0, 0.1) is 12.7 Å². The zero-order valence-corrected chi connectivity index (χ0v) is 14.4. The number of carbonyl (C=O) groups is 1. The molecular weight excluding hydrogens is 357 g/mol. The molecule has 1 aliphatic heterocycles. The predicted molar refractivity (Wildman–Crippen MR) is 88.6 cm³/mol. The number of amides is 1. The molecule has 1 N–H and O–H groups in total. The van der Waals surface area contributed by atoms with Crippen molar-refractivity contribution in [2.45, 2.75) is 19.4 Å². The summed E-state index contributed by atoms with van der Waals surface area (Å²) in [5.74, 6) is -0.964. The fourth-order valence-electron chi connectivity index (χ4n) is 2.71. The number of anilines is 1. The summed E-state index contributed by atoms with van der Waals surface area (Å²) in [6.45, 7) is 1.73. The second-order valence-corrected chi connectivity index (χ2v) is 8.42. The SMILES string of the molecule is Cc1cc(NC(=O)c2ccc(Cl)cc2F)n([C@H]2CCS(=O)(=O)C2)n1. The van der Waals surface area contributed by atoms with Crippen LogP contribution >= 0.6 is 11.6 Å². The maximum atomic E-state index is 13.9. The van der Waals surface area contributed by atoms with E-state index in [0.717, 1.165) is 6.07 Å². The molecule has 1 fully saturated rings. The van der Waals surface area contributed by atoms with E-state index in [0.29, 0.717) is 17.9 Å². The lowest BCUT2D eigenvalue weighted by atomic mass is 10.2. The van der Waals surface area contributed by atoms with Gasteiger partial charge in [0.2, 0.25) is 0 Å². The van der Waals surface area contributed by atoms with Gasteiger partial charge in [-0.05, 0) is 31.5 Å². The normalized spacial score (nSPS) is 19.4. The third kappa shape index (κ3) is 3.44. The Bertz CT molecular complexity index is 911. The molecule has 0 bridgehead atoms. The third-order valence-corrected chi connectivity index (χ3v) is 5.81. The highest BCUT2D eigenvalue weighted by atomic mass is 35.5. The van der Waals surface area contributed by atoms with Crippen LogP contribution in [0.1, 0.15) is 28.5 Å². The number of sulfone groups is 1. The number of nitrogens with one attached hydrogen (secondary N) is 1. The largest absolute Gasteiger partial charge is 0.307 e. The summed E-state index contributed by atoms with van der Waals surface area (Å²) in [7, 11) is -3.09. The predicted octanol–water partition coefficient (Wildman–Crippen LogP) is 2.60. The smallest absolute Gasteiger partial charge is 0.259 e. The highest BCUT2D eigenvalue weighted by Crippen LogP contribution is 2.27. The maximum Gasteiger partial charge on any atom is 0.259 e. The number of aromatic nitrogens is 2. The van der Waals surface area contributed by atoms with E-state index in [1.165, 1.54) is 16.8 Å². The van der Waals surface area contributed by atoms with E-state index < -0.39 is 21.6 Å². The number of nitrogens with zero attached hydrogens (tertiary/aromatic N) is 2. The van der Waals surface area contributed by atoms with Crippen molar-refractivity contribution in [1.29, 1.82) is 0 Å². The van der Waals surface area contributed by atoms with Crippen LogP contribution in [-0.4, -0.2) is 35.6 Å². The summed E-state index contributed by atoms with van der Waals surface area (Å²) in [6.07, 6.45) is 0.432. The summed E-state index contributed by atoms with van der Waals surface area (Å²) in [5, 5.41) is 7.06. The van der Waals surface area contributed by atoms with Gasteiger partial charge in [-0.15, -0.1) is 0 Å². The number of hydrogen-bond acceptors (Lipinski definition) is 4. The maximum absolute atomic E-state index is 13.9. The van der Waals surface area contributed by atoms with Gasteiger partial charge in [0.05, 0.1) is 28.8 Å². The van der Waals surface area contributed by atoms with Gasteiger partial charge in [0.1, 0.15) is 11.6 Å². The number of aryl methyl sites for hydroxylation is 1. The Morgan fingerprint density at radius 3 is 2.79 bits per heavy atom. The van der Waals surface area contributed by atoms with E-state index in [2.05, 4.69) is 10.4 Å². The summed E-state index contributed by atoms with van der Waals surface area (Å²) in [5.41, 5.74) is 0.482. The zero-order chi connectivity index (χ0) is 17.5. The van der Waals surface area contributed by atoms with Crippen molar-refractivity contribution in [2.75, 3.05) is 16.8 Å². The van der Waals surface area contributed by atoms with Gasteiger partial charge in [0.25, 0.3) is 5.91 Å². The molecule has 24 heavy (non-hydrogen) atoms. The van der Waals surface area contributed by atoms with Crippen LogP contribution in [0.5, 0.6) is 0 Å². The van der Waals surface area contributed by atoms with Gasteiger partial charge in [0, 0.05) is 11.1 Å². The molecule has 0 spiro atoms. The average molecular weight is 372 g/mol. The molecule has 1 amide bonds. The van der Waals surface area contributed by atoms with Crippen molar-refractivity contribution in [3.05, 3.63) is 46.4 Å². The van der Waals surface area contributed by atoms with Crippen molar-refractivity contribution >= 4 is 33.2 Å². The van der Waals surface area contributed by atoms with E-state index in [1.807, 2.05) is 0 Å². The Morgan fingerprint density at radius 1 is 1.42 bits per heavy atom. The quantitative estimate of drug-likeness (QED) is 0.899. The van der Waals surface area contributed by atoms with Crippen LogP contribution < -0.4 is 5.32 Å². The van der Waals surface area contributed by atoms with Crippen LogP contribution in [0.25, 0.3) is 0 Å². The van der Waals surface area contributed by atoms with Crippen molar-refractivity contribution in [1.82, 2.24) is 9.78 Å². The molecule has 1 aliphatic rings. The van der Waals surface area contributed by atoms with E-state index >= 15 is 0 Å². The summed E-state index contributed by atoms with van der Waals surface area (Å²) >= 11 is 5.68. The minimum Gasteiger partial charge on any atom is -0.307 e. The Kier molecular flexibility index (Phi) is 4.35. The zero-order valence-electron chi connectivity index (χ0n) is 12.8. The van der Waals surface area contributed by atoms with Gasteiger partial charge in [-0.2, -0.15) is 5.10 Å². The topological polar surface area (TPSA) is 81.1 Å². The van der Waals surface area contributed by atoms with E-state index in [9.17, 15) is 17.6 Å². The summed E-state index contributed by atoms with van der Waals surface area (Å²) in [4.78, 5) is 12.3. The molecule has 1 aromatic carbocycles. The lowest BCUT2D eigenvalue weighted by Gasteiger charge is -2.14. The van der Waals surface area contributed by atoms with Crippen molar-refractivity contribution in [3.8, 4) is 0 Å². The first-order valence-corrected chi connectivity index (χ1v) is 9.48. The second kappa shape index (κ2) is 6.18. The molecule has 2 heterocycles. The number of benzene rings is 1. The van der Waals surface area contributed by atoms with Crippen LogP contribution in [0.2, 0.25) is 5.02 Å². The van der Waals surface area contributed by atoms with Gasteiger partial charge >= 0.3 is 0 Å². The average Bonchev–Trinajstić information content (AvgIpc) is 3.01. The van der Waals surface area contributed by atoms with Gasteiger partial charge in [0.15, 0.2) is 9.84 Å². The Morgan fingerprint density at radius 2 is 2.17 bits per heavy atom. The van der Waals surface area contributed by atoms with Gasteiger partial charge in [-0.3, -0.25) is 4.79 Å². The molecule has 1 atom stereocenters. The standard InChI is InChI=1S/C15H15ClFN3O3S/c1-9-6-14(20(19-9)11-4-5-24(22,23)8-11)18-15(21)12-3-2-10(16)7-13(12)17/h2-3,6-7,11H,4-5,8H2,1H3,(H,18,21)/t11-/m0/s1. The molecule has 1 saturated heterocycles. The fraction of sp³-hybridized carbons (Fsp3) is 0.333. The van der Waals surface area contributed by atoms with Gasteiger partial charge < -0.3 is 5.32 Å². The van der Waals surface area contributed by atoms with Gasteiger partial charge in [-0.25, -0.2) is 17.5 Å². The van der Waals surface area contributed by atoms with E-state index in [1.54, 1.807) is 13.0 Å². The highest BCUT2D eigenvalue weighted by molar-refractivity contribution is 7.91. The Hall–Kier alpha value is -1.93. The van der Waals surface area contributed by atoms with Crippen LogP contribution in [-0.2, 0) is 9.84 Å².